The summed E-state index contributed by atoms with van der Waals surface area (Å²) in [6.45, 7) is 1.98. The van der Waals surface area contributed by atoms with Crippen molar-refractivity contribution in [2.24, 2.45) is 17.8 Å². The molecule has 0 bridgehead atoms. The monoisotopic (exact) mass is 313 g/mol. The van der Waals surface area contributed by atoms with Crippen molar-refractivity contribution >= 4 is 29.2 Å². The number of aliphatic carboxylic acids is 1. The highest BCUT2D eigenvalue weighted by atomic mass is 35.5. The van der Waals surface area contributed by atoms with Crippen molar-refractivity contribution in [3.8, 4) is 0 Å². The molecule has 2 N–H and O–H groups in total. The Labute approximate surface area is 127 Å². The summed E-state index contributed by atoms with van der Waals surface area (Å²) in [6, 6.07) is 3.67. The number of anilines is 1. The first-order chi connectivity index (χ1) is 9.92. The quantitative estimate of drug-likeness (QED) is 0.893. The van der Waals surface area contributed by atoms with Crippen LogP contribution in [0.2, 0.25) is 5.02 Å². The maximum absolute atomic E-state index is 13.2. The van der Waals surface area contributed by atoms with Crippen LogP contribution in [0.4, 0.5) is 10.1 Å². The molecule has 0 spiro atoms. The summed E-state index contributed by atoms with van der Waals surface area (Å²) >= 11 is 5.90. The van der Waals surface area contributed by atoms with Crippen molar-refractivity contribution < 1.29 is 19.1 Å². The average molecular weight is 314 g/mol. The van der Waals surface area contributed by atoms with Gasteiger partial charge in [0.15, 0.2) is 0 Å². The first kappa shape index (κ1) is 15.8. The molecule has 0 heterocycles. The molecule has 6 heteroatoms. The number of hydrogen-bond donors (Lipinski definition) is 2. The highest BCUT2D eigenvalue weighted by Crippen LogP contribution is 2.39. The average Bonchev–Trinajstić information content (AvgIpc) is 2.87. The van der Waals surface area contributed by atoms with Gasteiger partial charge in [-0.15, -0.1) is 0 Å². The van der Waals surface area contributed by atoms with Crippen molar-refractivity contribution in [1.82, 2.24) is 0 Å². The molecule has 114 valence electrons. The van der Waals surface area contributed by atoms with E-state index in [1.54, 1.807) is 0 Å². The SMILES string of the molecule is CCC1C[C@H](C(=O)Nc2cc(F)ccc2Cl)[C@H](C(=O)O)C1. The Morgan fingerprint density at radius 1 is 1.38 bits per heavy atom. The van der Waals surface area contributed by atoms with Gasteiger partial charge >= 0.3 is 5.97 Å². The lowest BCUT2D eigenvalue weighted by molar-refractivity contribution is -0.145. The van der Waals surface area contributed by atoms with Crippen LogP contribution in [0.1, 0.15) is 26.2 Å². The molecule has 1 amide bonds. The Bertz CT molecular complexity index is 564. The van der Waals surface area contributed by atoms with E-state index < -0.39 is 29.5 Å². The minimum atomic E-state index is -0.962. The predicted molar refractivity (Wildman–Crippen MR) is 77.7 cm³/mol. The second kappa shape index (κ2) is 6.43. The molecule has 1 aromatic carbocycles. The summed E-state index contributed by atoms with van der Waals surface area (Å²) in [5, 5.41) is 12.0. The van der Waals surface area contributed by atoms with Gasteiger partial charge in [-0.1, -0.05) is 24.9 Å². The maximum Gasteiger partial charge on any atom is 0.307 e. The van der Waals surface area contributed by atoms with E-state index in [1.165, 1.54) is 12.1 Å². The van der Waals surface area contributed by atoms with Gasteiger partial charge < -0.3 is 10.4 Å². The minimum absolute atomic E-state index is 0.172. The van der Waals surface area contributed by atoms with Crippen LogP contribution in [-0.2, 0) is 9.59 Å². The van der Waals surface area contributed by atoms with Gasteiger partial charge in [-0.3, -0.25) is 9.59 Å². The highest BCUT2D eigenvalue weighted by Gasteiger charge is 2.42. The lowest BCUT2D eigenvalue weighted by Crippen LogP contribution is -2.30. The van der Waals surface area contributed by atoms with E-state index in [-0.39, 0.29) is 16.6 Å². The van der Waals surface area contributed by atoms with Gasteiger partial charge in [-0.05, 0) is 37.0 Å². The van der Waals surface area contributed by atoms with Crippen molar-refractivity contribution in [1.29, 1.82) is 0 Å². The zero-order valence-electron chi connectivity index (χ0n) is 11.6. The number of benzene rings is 1. The van der Waals surface area contributed by atoms with Gasteiger partial charge in [0.25, 0.3) is 0 Å². The molecule has 1 aliphatic rings. The highest BCUT2D eigenvalue weighted by molar-refractivity contribution is 6.33. The zero-order chi connectivity index (χ0) is 15.6. The van der Waals surface area contributed by atoms with E-state index in [9.17, 15) is 19.1 Å². The van der Waals surface area contributed by atoms with Crippen LogP contribution >= 0.6 is 11.6 Å². The molecule has 2 rings (SSSR count). The van der Waals surface area contributed by atoms with Crippen LogP contribution in [-0.4, -0.2) is 17.0 Å². The van der Waals surface area contributed by atoms with Gasteiger partial charge in [0, 0.05) is 0 Å². The number of nitrogens with one attached hydrogen (secondary N) is 1. The molecule has 0 aliphatic heterocycles. The maximum atomic E-state index is 13.2. The largest absolute Gasteiger partial charge is 0.481 e. The summed E-state index contributed by atoms with van der Waals surface area (Å²) in [6.07, 6.45) is 1.88. The van der Waals surface area contributed by atoms with E-state index in [2.05, 4.69) is 5.32 Å². The molecule has 0 saturated heterocycles. The van der Waals surface area contributed by atoms with E-state index in [0.29, 0.717) is 12.8 Å². The molecule has 21 heavy (non-hydrogen) atoms. The fraction of sp³-hybridized carbons (Fsp3) is 0.467. The van der Waals surface area contributed by atoms with Crippen molar-refractivity contribution in [3.63, 3.8) is 0 Å². The van der Waals surface area contributed by atoms with E-state index in [1.807, 2.05) is 6.92 Å². The molecule has 0 aromatic heterocycles. The number of carbonyl (C=O) groups is 2. The number of halogens is 2. The van der Waals surface area contributed by atoms with Gasteiger partial charge in [0.05, 0.1) is 22.5 Å². The molecule has 4 nitrogen and oxygen atoms in total. The topological polar surface area (TPSA) is 66.4 Å². The summed E-state index contributed by atoms with van der Waals surface area (Å²) in [4.78, 5) is 23.6. The minimum Gasteiger partial charge on any atom is -0.481 e. The molecular weight excluding hydrogens is 297 g/mol. The van der Waals surface area contributed by atoms with Gasteiger partial charge in [0.2, 0.25) is 5.91 Å². The van der Waals surface area contributed by atoms with Crippen molar-refractivity contribution in [2.45, 2.75) is 26.2 Å². The van der Waals surface area contributed by atoms with Gasteiger partial charge in [-0.2, -0.15) is 0 Å². The van der Waals surface area contributed by atoms with Gasteiger partial charge in [-0.25, -0.2) is 4.39 Å². The number of carboxylic acids is 1. The molecule has 0 radical (unpaired) electrons. The van der Waals surface area contributed by atoms with Crippen LogP contribution in [0, 0.1) is 23.6 Å². The number of amides is 1. The van der Waals surface area contributed by atoms with E-state index in [0.717, 1.165) is 12.5 Å². The van der Waals surface area contributed by atoms with Crippen LogP contribution in [0.15, 0.2) is 18.2 Å². The lowest BCUT2D eigenvalue weighted by Gasteiger charge is -2.16. The van der Waals surface area contributed by atoms with Crippen molar-refractivity contribution in [3.05, 3.63) is 29.0 Å². The smallest absolute Gasteiger partial charge is 0.307 e. The van der Waals surface area contributed by atoms with Crippen LogP contribution in [0.3, 0.4) is 0 Å². The summed E-state index contributed by atoms with van der Waals surface area (Å²) < 4.78 is 13.2. The Morgan fingerprint density at radius 3 is 2.67 bits per heavy atom. The molecule has 1 aromatic rings. The standard InChI is InChI=1S/C15H17ClFNO3/c1-2-8-5-10(11(6-8)15(20)21)14(19)18-13-7-9(17)3-4-12(13)16/h3-4,7-8,10-11H,2,5-6H2,1H3,(H,18,19)(H,20,21)/t8?,10-,11+/m0/s1. The second-order valence-corrected chi connectivity index (χ2v) is 5.82. The van der Waals surface area contributed by atoms with Crippen LogP contribution in [0.25, 0.3) is 0 Å². The Balaban J connectivity index is 2.15. The fourth-order valence-electron chi connectivity index (χ4n) is 2.86. The van der Waals surface area contributed by atoms with Crippen LogP contribution in [0.5, 0.6) is 0 Å². The second-order valence-electron chi connectivity index (χ2n) is 5.41. The summed E-state index contributed by atoms with van der Waals surface area (Å²) in [5.41, 5.74) is 0.172. The van der Waals surface area contributed by atoms with Gasteiger partial charge in [0.1, 0.15) is 5.82 Å². The fourth-order valence-corrected chi connectivity index (χ4v) is 3.02. The van der Waals surface area contributed by atoms with E-state index >= 15 is 0 Å². The third-order valence-corrected chi connectivity index (χ3v) is 4.41. The normalized spacial score (nSPS) is 24.8. The molecule has 1 fully saturated rings. The summed E-state index contributed by atoms with van der Waals surface area (Å²) in [5.74, 6) is -2.96. The number of carboxylic acid groups (broad SMARTS) is 1. The molecule has 3 atom stereocenters. The number of hydrogen-bond acceptors (Lipinski definition) is 2. The molecule has 1 aliphatic carbocycles. The Kier molecular flexibility index (Phi) is 4.83. The third kappa shape index (κ3) is 3.53. The number of carbonyl (C=O) groups excluding carboxylic acids is 1. The van der Waals surface area contributed by atoms with Crippen molar-refractivity contribution in [2.75, 3.05) is 5.32 Å². The first-order valence-corrected chi connectivity index (χ1v) is 7.28. The molecular formula is C15H17ClFNO3. The lowest BCUT2D eigenvalue weighted by atomic mass is 9.95. The number of rotatable bonds is 4. The summed E-state index contributed by atoms with van der Waals surface area (Å²) in [7, 11) is 0. The predicted octanol–water partition coefficient (Wildman–Crippen LogP) is 3.55. The molecule has 1 saturated carbocycles. The Morgan fingerprint density at radius 2 is 2.05 bits per heavy atom. The Hall–Kier alpha value is -1.62. The van der Waals surface area contributed by atoms with Crippen LogP contribution < -0.4 is 5.32 Å². The first-order valence-electron chi connectivity index (χ1n) is 6.91. The van der Waals surface area contributed by atoms with E-state index in [4.69, 9.17) is 11.6 Å². The third-order valence-electron chi connectivity index (χ3n) is 4.08. The zero-order valence-corrected chi connectivity index (χ0v) is 12.4. The molecule has 1 unspecified atom stereocenters.